The Hall–Kier alpha value is -1.48. The number of hydrogen-bond acceptors (Lipinski definition) is 1. The number of fused-ring (bicyclic) bond motifs is 1. The van der Waals surface area contributed by atoms with Crippen molar-refractivity contribution >= 4 is 28.5 Å². The lowest BCUT2D eigenvalue weighted by Crippen LogP contribution is -1.94. The summed E-state index contributed by atoms with van der Waals surface area (Å²) in [7, 11) is 0. The average Bonchev–Trinajstić information content (AvgIpc) is 2.47. The third-order valence-corrected chi connectivity index (χ3v) is 2.39. The van der Waals surface area contributed by atoms with Gasteiger partial charge in [0.05, 0.1) is 5.56 Å². The van der Waals surface area contributed by atoms with E-state index in [1.807, 2.05) is 6.92 Å². The minimum absolute atomic E-state index is 0.286. The maximum Gasteiger partial charge on any atom is 0.337 e. The van der Waals surface area contributed by atoms with Crippen molar-refractivity contribution in [2.24, 2.45) is 0 Å². The van der Waals surface area contributed by atoms with Gasteiger partial charge in [0, 0.05) is 22.1 Å². The monoisotopic (exact) mass is 209 g/mol. The zero-order valence-corrected chi connectivity index (χ0v) is 8.22. The smallest absolute Gasteiger partial charge is 0.337 e. The Balaban J connectivity index is 2.85. The maximum atomic E-state index is 10.9. The molecular formula is C10H8ClNO2. The zero-order chi connectivity index (χ0) is 10.3. The number of aromatic amines is 1. The molecule has 14 heavy (non-hydrogen) atoms. The molecule has 2 rings (SSSR count). The Kier molecular flexibility index (Phi) is 1.97. The van der Waals surface area contributed by atoms with E-state index in [1.54, 1.807) is 12.1 Å². The van der Waals surface area contributed by atoms with Gasteiger partial charge in [0.15, 0.2) is 0 Å². The van der Waals surface area contributed by atoms with E-state index in [2.05, 4.69) is 4.98 Å². The topological polar surface area (TPSA) is 53.1 Å². The first-order valence-electron chi connectivity index (χ1n) is 4.10. The summed E-state index contributed by atoms with van der Waals surface area (Å²) in [6, 6.07) is 3.47. The summed E-state index contributed by atoms with van der Waals surface area (Å²) in [6.45, 7) is 1.84. The summed E-state index contributed by atoms with van der Waals surface area (Å²) in [5, 5.41) is 10.2. The number of nitrogens with one attached hydrogen (secondary N) is 1. The van der Waals surface area contributed by atoms with E-state index < -0.39 is 5.97 Å². The van der Waals surface area contributed by atoms with E-state index in [9.17, 15) is 4.79 Å². The number of benzene rings is 1. The van der Waals surface area contributed by atoms with Crippen molar-refractivity contribution in [3.05, 3.63) is 34.5 Å². The van der Waals surface area contributed by atoms with Gasteiger partial charge in [-0.05, 0) is 24.6 Å². The van der Waals surface area contributed by atoms with Gasteiger partial charge in [-0.1, -0.05) is 11.6 Å². The minimum Gasteiger partial charge on any atom is -0.478 e. The number of H-pyrrole nitrogens is 1. The first kappa shape index (κ1) is 9.09. The van der Waals surface area contributed by atoms with Crippen LogP contribution in [0.15, 0.2) is 18.3 Å². The van der Waals surface area contributed by atoms with Gasteiger partial charge >= 0.3 is 5.97 Å². The summed E-state index contributed by atoms with van der Waals surface area (Å²) in [4.78, 5) is 13.7. The van der Waals surface area contributed by atoms with E-state index in [-0.39, 0.29) is 5.56 Å². The predicted octanol–water partition coefficient (Wildman–Crippen LogP) is 2.83. The van der Waals surface area contributed by atoms with Crippen LogP contribution in [0, 0.1) is 6.92 Å². The molecule has 72 valence electrons. The first-order chi connectivity index (χ1) is 6.59. The normalized spacial score (nSPS) is 10.7. The summed E-state index contributed by atoms with van der Waals surface area (Å²) in [5.41, 5.74) is 1.91. The fourth-order valence-corrected chi connectivity index (χ4v) is 1.88. The highest BCUT2D eigenvalue weighted by Crippen LogP contribution is 2.25. The molecule has 0 saturated heterocycles. The van der Waals surface area contributed by atoms with Crippen LogP contribution in [0.1, 0.15) is 15.9 Å². The molecule has 2 aromatic rings. The Morgan fingerprint density at radius 1 is 1.50 bits per heavy atom. The quantitative estimate of drug-likeness (QED) is 0.759. The maximum absolute atomic E-state index is 10.9. The lowest BCUT2D eigenvalue weighted by Gasteiger charge is -1.99. The largest absolute Gasteiger partial charge is 0.478 e. The Morgan fingerprint density at radius 2 is 2.21 bits per heavy atom. The van der Waals surface area contributed by atoms with E-state index in [0.29, 0.717) is 5.02 Å². The molecule has 1 aromatic carbocycles. The predicted molar refractivity (Wildman–Crippen MR) is 55.0 cm³/mol. The summed E-state index contributed by atoms with van der Waals surface area (Å²) in [6.07, 6.45) is 1.48. The molecule has 2 N–H and O–H groups in total. The number of carbonyl (C=O) groups is 1. The molecule has 0 aliphatic carbocycles. The second-order valence-electron chi connectivity index (χ2n) is 3.15. The molecule has 3 nitrogen and oxygen atoms in total. The lowest BCUT2D eigenvalue weighted by atomic mass is 10.1. The molecule has 4 heteroatoms. The minimum atomic E-state index is -0.929. The van der Waals surface area contributed by atoms with Crippen molar-refractivity contribution in [3.8, 4) is 0 Å². The second-order valence-corrected chi connectivity index (χ2v) is 3.59. The van der Waals surface area contributed by atoms with Crippen molar-refractivity contribution in [2.75, 3.05) is 0 Å². The molecule has 0 amide bonds. The van der Waals surface area contributed by atoms with Gasteiger partial charge in [0.1, 0.15) is 0 Å². The van der Waals surface area contributed by atoms with Crippen LogP contribution in [-0.4, -0.2) is 16.1 Å². The fraction of sp³-hybridized carbons (Fsp3) is 0.100. The van der Waals surface area contributed by atoms with E-state index in [0.717, 1.165) is 16.5 Å². The number of carboxylic acid groups (broad SMARTS) is 1. The number of rotatable bonds is 1. The van der Waals surface area contributed by atoms with Crippen LogP contribution in [-0.2, 0) is 0 Å². The number of halogens is 1. The first-order valence-corrected chi connectivity index (χ1v) is 4.48. The van der Waals surface area contributed by atoms with Gasteiger partial charge in [0.2, 0.25) is 0 Å². The van der Waals surface area contributed by atoms with Crippen LogP contribution in [0.25, 0.3) is 10.9 Å². The van der Waals surface area contributed by atoms with Crippen LogP contribution >= 0.6 is 11.6 Å². The molecule has 1 aromatic heterocycles. The SMILES string of the molecule is Cc1cc(Cl)cc2[nH]cc(C(=O)O)c12. The van der Waals surface area contributed by atoms with Crippen LogP contribution in [0.5, 0.6) is 0 Å². The van der Waals surface area contributed by atoms with Gasteiger partial charge in [-0.25, -0.2) is 4.79 Å². The number of hydrogen-bond donors (Lipinski definition) is 2. The van der Waals surface area contributed by atoms with Gasteiger partial charge < -0.3 is 10.1 Å². The van der Waals surface area contributed by atoms with E-state index >= 15 is 0 Å². The van der Waals surface area contributed by atoms with Crippen LogP contribution < -0.4 is 0 Å². The highest BCUT2D eigenvalue weighted by atomic mass is 35.5. The summed E-state index contributed by atoms with van der Waals surface area (Å²) >= 11 is 5.85. The van der Waals surface area contributed by atoms with Crippen molar-refractivity contribution in [3.63, 3.8) is 0 Å². The second kappa shape index (κ2) is 3.03. The van der Waals surface area contributed by atoms with Crippen LogP contribution in [0.4, 0.5) is 0 Å². The van der Waals surface area contributed by atoms with Crippen LogP contribution in [0.2, 0.25) is 5.02 Å². The molecule has 0 saturated carbocycles. The van der Waals surface area contributed by atoms with Crippen molar-refractivity contribution in [1.29, 1.82) is 0 Å². The van der Waals surface area contributed by atoms with Gasteiger partial charge in [-0.3, -0.25) is 0 Å². The van der Waals surface area contributed by atoms with Crippen molar-refractivity contribution < 1.29 is 9.90 Å². The molecule has 0 unspecified atom stereocenters. The molecule has 0 bridgehead atoms. The Morgan fingerprint density at radius 3 is 2.86 bits per heavy atom. The van der Waals surface area contributed by atoms with E-state index in [1.165, 1.54) is 6.20 Å². The van der Waals surface area contributed by atoms with E-state index in [4.69, 9.17) is 16.7 Å². The number of aromatic nitrogens is 1. The molecule has 0 spiro atoms. The van der Waals surface area contributed by atoms with Gasteiger partial charge in [0.25, 0.3) is 0 Å². The Labute approximate surface area is 85.3 Å². The summed E-state index contributed by atoms with van der Waals surface area (Å²) in [5.74, 6) is -0.929. The van der Waals surface area contributed by atoms with Gasteiger partial charge in [-0.2, -0.15) is 0 Å². The Bertz CT molecular complexity index is 516. The highest BCUT2D eigenvalue weighted by Gasteiger charge is 2.12. The number of aryl methyl sites for hydroxylation is 1. The van der Waals surface area contributed by atoms with Crippen molar-refractivity contribution in [2.45, 2.75) is 6.92 Å². The average molecular weight is 210 g/mol. The molecule has 0 aliphatic heterocycles. The van der Waals surface area contributed by atoms with Gasteiger partial charge in [-0.15, -0.1) is 0 Å². The molecule has 1 heterocycles. The molecule has 0 atom stereocenters. The number of carboxylic acids is 1. The zero-order valence-electron chi connectivity index (χ0n) is 7.47. The highest BCUT2D eigenvalue weighted by molar-refractivity contribution is 6.31. The standard InChI is InChI=1S/C10H8ClNO2/c1-5-2-6(11)3-8-9(5)7(4-12-8)10(13)14/h2-4,12H,1H3,(H,13,14). The molecule has 0 aliphatic rings. The van der Waals surface area contributed by atoms with Crippen LogP contribution in [0.3, 0.4) is 0 Å². The lowest BCUT2D eigenvalue weighted by molar-refractivity contribution is 0.0699. The third kappa shape index (κ3) is 1.26. The number of aromatic carboxylic acids is 1. The summed E-state index contributed by atoms with van der Waals surface area (Å²) < 4.78 is 0. The molecule has 0 radical (unpaired) electrons. The third-order valence-electron chi connectivity index (χ3n) is 2.17. The van der Waals surface area contributed by atoms with Crippen molar-refractivity contribution in [1.82, 2.24) is 4.98 Å². The molecular weight excluding hydrogens is 202 g/mol. The fourth-order valence-electron chi connectivity index (χ4n) is 1.61. The molecule has 0 fully saturated rings.